The smallest absolute Gasteiger partial charge is 0.0869 e. The number of nitrogens with zero attached hydrogens (tertiary/aromatic N) is 1. The van der Waals surface area contributed by atoms with Gasteiger partial charge in [-0.3, -0.25) is 4.98 Å². The number of rotatable bonds is 4. The largest absolute Gasteiger partial charge is 0.388 e. The maximum atomic E-state index is 12.6. The fraction of sp³-hybridized carbons (Fsp3) is 0.267. The number of pyridine rings is 1. The summed E-state index contributed by atoms with van der Waals surface area (Å²) in [6.45, 7) is 3.88. The molecule has 100 valence electrons. The molecule has 2 aromatic rings. The lowest BCUT2D eigenvalue weighted by Gasteiger charge is -2.13. The van der Waals surface area contributed by atoms with Gasteiger partial charge in [-0.25, -0.2) is 4.21 Å². The normalized spacial score (nSPS) is 14.1. The molecular formula is C15H17NO2S. The summed E-state index contributed by atoms with van der Waals surface area (Å²) in [5, 5.41) is 9.99. The van der Waals surface area contributed by atoms with Gasteiger partial charge in [0.2, 0.25) is 0 Å². The van der Waals surface area contributed by atoms with E-state index >= 15 is 0 Å². The summed E-state index contributed by atoms with van der Waals surface area (Å²) >= 11 is 0. The van der Waals surface area contributed by atoms with Crippen LogP contribution in [0.3, 0.4) is 0 Å². The quantitative estimate of drug-likeness (QED) is 0.933. The molecule has 0 spiro atoms. The summed E-state index contributed by atoms with van der Waals surface area (Å²) < 4.78 is 12.6. The topological polar surface area (TPSA) is 50.2 Å². The molecule has 1 aromatic carbocycles. The molecule has 1 heterocycles. The van der Waals surface area contributed by atoms with Crippen LogP contribution in [0.15, 0.2) is 52.5 Å². The molecule has 0 aliphatic heterocycles. The summed E-state index contributed by atoms with van der Waals surface area (Å²) in [5.74, 6) is 0. The van der Waals surface area contributed by atoms with Gasteiger partial charge in [0.15, 0.2) is 0 Å². The Bertz CT molecular complexity index is 581. The molecule has 3 nitrogen and oxygen atoms in total. The molecule has 0 radical (unpaired) electrons. The minimum Gasteiger partial charge on any atom is -0.388 e. The molecule has 0 bridgehead atoms. The van der Waals surface area contributed by atoms with Crippen LogP contribution in [0, 0.1) is 6.92 Å². The molecule has 0 fully saturated rings. The second-order valence-corrected chi connectivity index (χ2v) is 5.87. The van der Waals surface area contributed by atoms with Crippen LogP contribution in [0.5, 0.6) is 0 Å². The third-order valence-electron chi connectivity index (χ3n) is 3.00. The molecule has 0 saturated carbocycles. The van der Waals surface area contributed by atoms with E-state index in [9.17, 15) is 9.32 Å². The van der Waals surface area contributed by atoms with E-state index < -0.39 is 16.9 Å². The van der Waals surface area contributed by atoms with E-state index in [1.54, 1.807) is 18.5 Å². The Kier molecular flexibility index (Phi) is 4.45. The van der Waals surface area contributed by atoms with E-state index in [0.717, 1.165) is 10.5 Å². The highest BCUT2D eigenvalue weighted by atomic mass is 32.2. The molecule has 2 rings (SSSR count). The van der Waals surface area contributed by atoms with Gasteiger partial charge in [0.1, 0.15) is 0 Å². The van der Waals surface area contributed by atoms with Crippen LogP contribution in [0.2, 0.25) is 0 Å². The molecule has 2 atom stereocenters. The fourth-order valence-corrected chi connectivity index (χ4v) is 3.04. The van der Waals surface area contributed by atoms with Crippen LogP contribution in [0.1, 0.15) is 30.6 Å². The number of hydrogen-bond donors (Lipinski definition) is 1. The second kappa shape index (κ2) is 6.08. The lowest BCUT2D eigenvalue weighted by Crippen LogP contribution is -2.04. The predicted octanol–water partition coefficient (Wildman–Crippen LogP) is 3.00. The summed E-state index contributed by atoms with van der Waals surface area (Å²) in [7, 11) is -1.31. The molecule has 4 heteroatoms. The predicted molar refractivity (Wildman–Crippen MR) is 75.3 cm³/mol. The van der Waals surface area contributed by atoms with Crippen molar-refractivity contribution in [3.8, 4) is 0 Å². The van der Waals surface area contributed by atoms with Crippen molar-refractivity contribution in [3.63, 3.8) is 0 Å². The van der Waals surface area contributed by atoms with E-state index in [1.165, 1.54) is 0 Å². The molecule has 0 aliphatic rings. The monoisotopic (exact) mass is 275 g/mol. The lowest BCUT2D eigenvalue weighted by molar-refractivity contribution is 0.170. The first kappa shape index (κ1) is 13.9. The molecule has 0 aliphatic carbocycles. The highest BCUT2D eigenvalue weighted by molar-refractivity contribution is 7.85. The molecule has 0 unspecified atom stereocenters. The van der Waals surface area contributed by atoms with Gasteiger partial charge in [0.25, 0.3) is 0 Å². The van der Waals surface area contributed by atoms with Crippen molar-refractivity contribution in [2.75, 3.05) is 0 Å². The van der Waals surface area contributed by atoms with Crippen LogP contribution in [0.4, 0.5) is 0 Å². The van der Waals surface area contributed by atoms with Crippen molar-refractivity contribution in [2.45, 2.75) is 36.2 Å². The lowest BCUT2D eigenvalue weighted by atomic mass is 10.1. The zero-order chi connectivity index (χ0) is 13.8. The Balaban J connectivity index is 2.41. The van der Waals surface area contributed by atoms with Gasteiger partial charge in [-0.2, -0.15) is 0 Å². The van der Waals surface area contributed by atoms with Crippen molar-refractivity contribution >= 4 is 10.8 Å². The van der Waals surface area contributed by atoms with Crippen LogP contribution < -0.4 is 0 Å². The molecule has 0 amide bonds. The molecule has 1 aromatic heterocycles. The summed E-state index contributed by atoms with van der Waals surface area (Å²) in [4.78, 5) is 5.33. The Morgan fingerprint density at radius 1 is 1.26 bits per heavy atom. The van der Waals surface area contributed by atoms with E-state index in [0.29, 0.717) is 16.9 Å². The minimum atomic E-state index is -1.31. The zero-order valence-corrected chi connectivity index (χ0v) is 11.9. The van der Waals surface area contributed by atoms with E-state index in [4.69, 9.17) is 0 Å². The van der Waals surface area contributed by atoms with Gasteiger partial charge in [0.05, 0.1) is 21.8 Å². The summed E-state index contributed by atoms with van der Waals surface area (Å²) in [6.07, 6.45) is 3.17. The number of aryl methyl sites for hydroxylation is 1. The average molecular weight is 275 g/mol. The van der Waals surface area contributed by atoms with Crippen LogP contribution >= 0.6 is 0 Å². The second-order valence-electron chi connectivity index (χ2n) is 4.42. The molecule has 0 saturated heterocycles. The highest BCUT2D eigenvalue weighted by Crippen LogP contribution is 2.26. The van der Waals surface area contributed by atoms with Gasteiger partial charge in [-0.1, -0.05) is 24.6 Å². The van der Waals surface area contributed by atoms with Crippen molar-refractivity contribution in [3.05, 3.63) is 53.9 Å². The number of aliphatic hydroxyl groups is 1. The standard InChI is InChI=1S/C15H17NO2S/c1-3-14(17)13-8-9-16-10-15(13)19(18)12-6-4-11(2)5-7-12/h4-10,14,17H,3H2,1-2H3/t14-,19+/m1/s1. The number of aromatic nitrogens is 1. The van der Waals surface area contributed by atoms with E-state index in [1.807, 2.05) is 38.1 Å². The average Bonchev–Trinajstić information content (AvgIpc) is 2.46. The third-order valence-corrected chi connectivity index (χ3v) is 4.44. The highest BCUT2D eigenvalue weighted by Gasteiger charge is 2.16. The maximum absolute atomic E-state index is 12.6. The number of benzene rings is 1. The molecule has 19 heavy (non-hydrogen) atoms. The van der Waals surface area contributed by atoms with E-state index in [-0.39, 0.29) is 0 Å². The van der Waals surface area contributed by atoms with Gasteiger partial charge in [-0.15, -0.1) is 0 Å². The first-order valence-corrected chi connectivity index (χ1v) is 7.39. The Hall–Kier alpha value is -1.52. The third kappa shape index (κ3) is 3.08. The zero-order valence-electron chi connectivity index (χ0n) is 11.0. The first-order chi connectivity index (χ1) is 9.13. The fourth-order valence-electron chi connectivity index (χ4n) is 1.83. The molecular weight excluding hydrogens is 258 g/mol. The maximum Gasteiger partial charge on any atom is 0.0869 e. The Labute approximate surface area is 115 Å². The van der Waals surface area contributed by atoms with Crippen LogP contribution in [0.25, 0.3) is 0 Å². The number of aliphatic hydroxyl groups excluding tert-OH is 1. The van der Waals surface area contributed by atoms with E-state index in [2.05, 4.69) is 4.98 Å². The van der Waals surface area contributed by atoms with Crippen molar-refractivity contribution in [1.82, 2.24) is 4.98 Å². The minimum absolute atomic E-state index is 0.584. The Morgan fingerprint density at radius 2 is 1.95 bits per heavy atom. The van der Waals surface area contributed by atoms with Gasteiger partial charge in [-0.05, 0) is 31.5 Å². The van der Waals surface area contributed by atoms with Gasteiger partial charge >= 0.3 is 0 Å². The van der Waals surface area contributed by atoms with Gasteiger partial charge in [0, 0.05) is 22.9 Å². The Morgan fingerprint density at radius 3 is 2.58 bits per heavy atom. The summed E-state index contributed by atoms with van der Waals surface area (Å²) in [6, 6.07) is 9.29. The van der Waals surface area contributed by atoms with Crippen LogP contribution in [-0.2, 0) is 10.8 Å². The van der Waals surface area contributed by atoms with Crippen molar-refractivity contribution < 1.29 is 9.32 Å². The van der Waals surface area contributed by atoms with Crippen LogP contribution in [-0.4, -0.2) is 14.3 Å². The SMILES string of the molecule is CC[C@@H](O)c1ccncc1[S@@](=O)c1ccc(C)cc1. The van der Waals surface area contributed by atoms with Gasteiger partial charge < -0.3 is 5.11 Å². The molecule has 1 N–H and O–H groups in total. The first-order valence-electron chi connectivity index (χ1n) is 6.24. The number of hydrogen-bond acceptors (Lipinski definition) is 3. The van der Waals surface area contributed by atoms with Crippen molar-refractivity contribution in [2.24, 2.45) is 0 Å². The summed E-state index contributed by atoms with van der Waals surface area (Å²) in [5.41, 5.74) is 1.82. The van der Waals surface area contributed by atoms with Crippen molar-refractivity contribution in [1.29, 1.82) is 0 Å².